The SMILES string of the molecule is CCCCCCn1nc(C(=O)NC(C(=O)O)C(C)(C)C)c2ccccc21. The lowest BCUT2D eigenvalue weighted by atomic mass is 9.86. The number of carboxylic acid groups (broad SMARTS) is 1. The van der Waals surface area contributed by atoms with E-state index in [0.717, 1.165) is 36.7 Å². The highest BCUT2D eigenvalue weighted by Gasteiger charge is 2.33. The molecule has 2 N–H and O–H groups in total. The third-order valence-electron chi connectivity index (χ3n) is 4.48. The second-order valence-corrected chi connectivity index (χ2v) is 7.76. The highest BCUT2D eigenvalue weighted by Crippen LogP contribution is 2.22. The molecule has 6 heteroatoms. The first-order chi connectivity index (χ1) is 12.3. The summed E-state index contributed by atoms with van der Waals surface area (Å²) in [7, 11) is 0. The number of aryl methyl sites for hydroxylation is 1. The molecule has 1 aromatic carbocycles. The Labute approximate surface area is 154 Å². The summed E-state index contributed by atoms with van der Waals surface area (Å²) in [4.78, 5) is 24.3. The molecule has 0 fully saturated rings. The van der Waals surface area contributed by atoms with E-state index in [0.29, 0.717) is 0 Å². The van der Waals surface area contributed by atoms with Gasteiger partial charge < -0.3 is 10.4 Å². The van der Waals surface area contributed by atoms with Gasteiger partial charge in [-0.05, 0) is 17.9 Å². The van der Waals surface area contributed by atoms with Crippen LogP contribution in [-0.4, -0.2) is 32.8 Å². The molecule has 1 unspecified atom stereocenters. The Bertz CT molecular complexity index is 774. The predicted molar refractivity (Wildman–Crippen MR) is 102 cm³/mol. The summed E-state index contributed by atoms with van der Waals surface area (Å²) in [6, 6.07) is 6.59. The summed E-state index contributed by atoms with van der Waals surface area (Å²) in [6.07, 6.45) is 4.47. The van der Waals surface area contributed by atoms with Gasteiger partial charge in [-0.25, -0.2) is 4.79 Å². The maximum Gasteiger partial charge on any atom is 0.326 e. The van der Waals surface area contributed by atoms with Gasteiger partial charge in [0.25, 0.3) is 5.91 Å². The molecule has 1 atom stereocenters. The molecule has 0 bridgehead atoms. The normalized spacial score (nSPS) is 12.9. The van der Waals surface area contributed by atoms with Crippen LogP contribution >= 0.6 is 0 Å². The van der Waals surface area contributed by atoms with Gasteiger partial charge in [0.15, 0.2) is 5.69 Å². The number of carbonyl (C=O) groups is 2. The minimum Gasteiger partial charge on any atom is -0.480 e. The molecule has 2 aromatic rings. The Morgan fingerprint density at radius 1 is 1.19 bits per heavy atom. The maximum absolute atomic E-state index is 12.8. The van der Waals surface area contributed by atoms with Crippen LogP contribution in [0.4, 0.5) is 0 Å². The maximum atomic E-state index is 12.8. The fourth-order valence-electron chi connectivity index (χ4n) is 3.00. The molecule has 1 heterocycles. The Morgan fingerprint density at radius 2 is 1.88 bits per heavy atom. The van der Waals surface area contributed by atoms with Crippen LogP contribution in [0.5, 0.6) is 0 Å². The molecule has 1 aromatic heterocycles. The molecular weight excluding hydrogens is 330 g/mol. The van der Waals surface area contributed by atoms with Crippen LogP contribution in [0.15, 0.2) is 24.3 Å². The molecule has 0 saturated heterocycles. The molecule has 0 spiro atoms. The van der Waals surface area contributed by atoms with Crippen LogP contribution in [0, 0.1) is 5.41 Å². The van der Waals surface area contributed by atoms with E-state index >= 15 is 0 Å². The molecule has 0 radical (unpaired) electrons. The van der Waals surface area contributed by atoms with E-state index in [1.54, 1.807) is 20.8 Å². The van der Waals surface area contributed by atoms with Gasteiger partial charge in [0, 0.05) is 11.9 Å². The van der Waals surface area contributed by atoms with Gasteiger partial charge in [-0.1, -0.05) is 65.2 Å². The molecule has 0 aliphatic carbocycles. The molecule has 0 aliphatic rings. The Kier molecular flexibility index (Phi) is 6.40. The Hall–Kier alpha value is -2.37. The lowest BCUT2D eigenvalue weighted by Gasteiger charge is -2.27. The lowest BCUT2D eigenvalue weighted by molar-refractivity contribution is -0.142. The number of rotatable bonds is 8. The van der Waals surface area contributed by atoms with Crippen LogP contribution in [0.2, 0.25) is 0 Å². The van der Waals surface area contributed by atoms with E-state index in [1.165, 1.54) is 6.42 Å². The molecule has 0 saturated carbocycles. The minimum absolute atomic E-state index is 0.284. The highest BCUT2D eigenvalue weighted by molar-refractivity contribution is 6.06. The molecule has 26 heavy (non-hydrogen) atoms. The highest BCUT2D eigenvalue weighted by atomic mass is 16.4. The molecule has 1 amide bonds. The van der Waals surface area contributed by atoms with Crippen molar-refractivity contribution >= 4 is 22.8 Å². The van der Waals surface area contributed by atoms with Gasteiger partial charge >= 0.3 is 5.97 Å². The fraction of sp³-hybridized carbons (Fsp3) is 0.550. The Balaban J connectivity index is 2.28. The van der Waals surface area contributed by atoms with E-state index in [9.17, 15) is 14.7 Å². The van der Waals surface area contributed by atoms with Gasteiger partial charge in [0.05, 0.1) is 5.52 Å². The minimum atomic E-state index is -1.05. The van der Waals surface area contributed by atoms with Crippen LogP contribution in [0.1, 0.15) is 63.9 Å². The summed E-state index contributed by atoms with van der Waals surface area (Å²) in [5.74, 6) is -1.50. The van der Waals surface area contributed by atoms with Crippen molar-refractivity contribution in [3.8, 4) is 0 Å². The zero-order chi connectivity index (χ0) is 19.3. The number of hydrogen-bond acceptors (Lipinski definition) is 3. The van der Waals surface area contributed by atoms with Crippen molar-refractivity contribution in [1.29, 1.82) is 0 Å². The van der Waals surface area contributed by atoms with Crippen molar-refractivity contribution in [1.82, 2.24) is 15.1 Å². The van der Waals surface area contributed by atoms with Gasteiger partial charge in [-0.15, -0.1) is 0 Å². The zero-order valence-corrected chi connectivity index (χ0v) is 16.1. The van der Waals surface area contributed by atoms with E-state index in [4.69, 9.17) is 0 Å². The quantitative estimate of drug-likeness (QED) is 0.701. The van der Waals surface area contributed by atoms with Crippen LogP contribution in [-0.2, 0) is 11.3 Å². The standard InChI is InChI=1S/C20H29N3O3/c1-5-6-7-10-13-23-15-12-9-8-11-14(15)16(22-23)18(24)21-17(19(25)26)20(2,3)4/h8-9,11-12,17H,5-7,10,13H2,1-4H3,(H,21,24)(H,25,26). The monoisotopic (exact) mass is 359 g/mol. The largest absolute Gasteiger partial charge is 0.480 e. The summed E-state index contributed by atoms with van der Waals surface area (Å²) in [5.41, 5.74) is 0.586. The molecular formula is C20H29N3O3. The van der Waals surface area contributed by atoms with Gasteiger partial charge in [0.2, 0.25) is 0 Å². The number of nitrogens with zero attached hydrogens (tertiary/aromatic N) is 2. The second kappa shape index (κ2) is 8.34. The number of hydrogen-bond donors (Lipinski definition) is 2. The number of aliphatic carboxylic acids is 1. The van der Waals surface area contributed by atoms with Crippen LogP contribution in [0.3, 0.4) is 0 Å². The summed E-state index contributed by atoms with van der Waals surface area (Å²) in [6.45, 7) is 8.28. The van der Waals surface area contributed by atoms with Crippen molar-refractivity contribution in [2.75, 3.05) is 0 Å². The first kappa shape index (κ1) is 19.9. The van der Waals surface area contributed by atoms with E-state index in [1.807, 2.05) is 28.9 Å². The average Bonchev–Trinajstić information content (AvgIpc) is 2.94. The summed E-state index contributed by atoms with van der Waals surface area (Å²) in [5, 5.41) is 17.3. The number of carboxylic acids is 1. The average molecular weight is 359 g/mol. The van der Waals surface area contributed by atoms with Gasteiger partial charge in [0.1, 0.15) is 6.04 Å². The van der Waals surface area contributed by atoms with Crippen LogP contribution in [0.25, 0.3) is 10.9 Å². The molecule has 2 rings (SSSR count). The van der Waals surface area contributed by atoms with Crippen molar-refractivity contribution < 1.29 is 14.7 Å². The lowest BCUT2D eigenvalue weighted by Crippen LogP contribution is -2.49. The number of carbonyl (C=O) groups excluding carboxylic acids is 1. The van der Waals surface area contributed by atoms with Crippen molar-refractivity contribution in [3.63, 3.8) is 0 Å². The van der Waals surface area contributed by atoms with Gasteiger partial charge in [-0.3, -0.25) is 9.48 Å². The van der Waals surface area contributed by atoms with E-state index in [-0.39, 0.29) is 5.69 Å². The molecule has 6 nitrogen and oxygen atoms in total. The second-order valence-electron chi connectivity index (χ2n) is 7.76. The third-order valence-corrected chi connectivity index (χ3v) is 4.48. The number of unbranched alkanes of at least 4 members (excludes halogenated alkanes) is 3. The number of fused-ring (bicyclic) bond motifs is 1. The van der Waals surface area contributed by atoms with E-state index in [2.05, 4.69) is 17.3 Å². The number of benzene rings is 1. The first-order valence-electron chi connectivity index (χ1n) is 9.25. The Morgan fingerprint density at radius 3 is 2.50 bits per heavy atom. The first-order valence-corrected chi connectivity index (χ1v) is 9.25. The van der Waals surface area contributed by atoms with Crippen molar-refractivity contribution in [2.45, 2.75) is 66.0 Å². The molecule has 0 aliphatic heterocycles. The molecule has 142 valence electrons. The predicted octanol–water partition coefficient (Wildman–Crippen LogP) is 3.85. The number of nitrogens with one attached hydrogen (secondary N) is 1. The number of aromatic nitrogens is 2. The number of amides is 1. The van der Waals surface area contributed by atoms with Crippen molar-refractivity contribution in [3.05, 3.63) is 30.0 Å². The van der Waals surface area contributed by atoms with Crippen LogP contribution < -0.4 is 5.32 Å². The summed E-state index contributed by atoms with van der Waals surface area (Å²) < 4.78 is 1.85. The van der Waals surface area contributed by atoms with E-state index < -0.39 is 23.3 Å². The third kappa shape index (κ3) is 4.62. The topological polar surface area (TPSA) is 84.2 Å². The smallest absolute Gasteiger partial charge is 0.326 e. The van der Waals surface area contributed by atoms with Crippen molar-refractivity contribution in [2.24, 2.45) is 5.41 Å². The van der Waals surface area contributed by atoms with Gasteiger partial charge in [-0.2, -0.15) is 5.10 Å². The zero-order valence-electron chi connectivity index (χ0n) is 16.1. The summed E-state index contributed by atoms with van der Waals surface area (Å²) >= 11 is 0. The number of para-hydroxylation sites is 1. The fourth-order valence-corrected chi connectivity index (χ4v) is 3.00.